The van der Waals surface area contributed by atoms with Crippen LogP contribution in [0.5, 0.6) is 11.6 Å². The van der Waals surface area contributed by atoms with Crippen LogP contribution in [0.3, 0.4) is 0 Å². The third-order valence-corrected chi connectivity index (χ3v) is 6.11. The highest BCUT2D eigenvalue weighted by Gasteiger charge is 2.20. The fourth-order valence-corrected chi connectivity index (χ4v) is 4.32. The summed E-state index contributed by atoms with van der Waals surface area (Å²) in [4.78, 5) is 14.7. The van der Waals surface area contributed by atoms with E-state index in [0.717, 1.165) is 43.6 Å². The third-order valence-electron chi connectivity index (χ3n) is 6.11. The van der Waals surface area contributed by atoms with Gasteiger partial charge in [0.25, 0.3) is 11.4 Å². The summed E-state index contributed by atoms with van der Waals surface area (Å²) < 4.78 is 26.4. The molecule has 0 atom stereocenters. The number of halogens is 3. The zero-order chi connectivity index (χ0) is 21.9. The number of likely N-dealkylation sites (tertiary alicyclic amines) is 1. The Hall–Kier alpha value is -2.46. The predicted octanol–water partition coefficient (Wildman–Crippen LogP) is 2.80. The van der Waals surface area contributed by atoms with Crippen molar-refractivity contribution < 1.29 is 13.9 Å². The molecule has 1 N–H and O–H groups in total. The van der Waals surface area contributed by atoms with Crippen molar-refractivity contribution in [2.45, 2.75) is 32.0 Å². The minimum atomic E-state index is -0.327. The van der Waals surface area contributed by atoms with E-state index < -0.39 is 0 Å². The van der Waals surface area contributed by atoms with Crippen LogP contribution in [0.1, 0.15) is 18.5 Å². The van der Waals surface area contributed by atoms with Crippen LogP contribution in [-0.4, -0.2) is 58.6 Å². The standard InChI is InChI=1S/C23H26FN5O3.2ClH/c24-17-3-1-16-2-4-22(30)29(20(16)13-17)10-9-28-7-5-18(6-8-28)25-15-19-14-21-23(27-26-19)32-12-11-31-21;;/h1-4,13-14,18,25H,5-12,15H2;2*1H. The lowest BCUT2D eigenvalue weighted by Crippen LogP contribution is -2.43. The van der Waals surface area contributed by atoms with Gasteiger partial charge in [0.15, 0.2) is 5.75 Å². The fraction of sp³-hybridized carbons (Fsp3) is 0.435. The molecule has 0 amide bonds. The van der Waals surface area contributed by atoms with Crippen molar-refractivity contribution in [2.75, 3.05) is 32.8 Å². The summed E-state index contributed by atoms with van der Waals surface area (Å²) >= 11 is 0. The maximum atomic E-state index is 13.7. The summed E-state index contributed by atoms with van der Waals surface area (Å²) in [7, 11) is 0. The average Bonchev–Trinajstić information content (AvgIpc) is 2.82. The predicted molar refractivity (Wildman–Crippen MR) is 132 cm³/mol. The molecule has 0 unspecified atom stereocenters. The molecule has 3 aromatic rings. The van der Waals surface area contributed by atoms with E-state index in [1.54, 1.807) is 22.8 Å². The fourth-order valence-electron chi connectivity index (χ4n) is 4.32. The molecule has 1 saturated heterocycles. The molecule has 0 aliphatic carbocycles. The van der Waals surface area contributed by atoms with Crippen molar-refractivity contribution in [3.8, 4) is 11.6 Å². The quantitative estimate of drug-likeness (QED) is 0.544. The highest BCUT2D eigenvalue weighted by molar-refractivity contribution is 5.85. The van der Waals surface area contributed by atoms with Crippen molar-refractivity contribution in [1.29, 1.82) is 0 Å². The van der Waals surface area contributed by atoms with Gasteiger partial charge in [-0.1, -0.05) is 0 Å². The summed E-state index contributed by atoms with van der Waals surface area (Å²) in [6.45, 7) is 4.86. The summed E-state index contributed by atoms with van der Waals surface area (Å²) in [5.41, 5.74) is 1.38. The minimum absolute atomic E-state index is 0. The SMILES string of the molecule is Cl.Cl.O=c1ccc2ccc(F)cc2n1CCN1CCC(NCc2cc3c(nn2)OCCO3)CC1. The molecule has 4 heterocycles. The number of piperidine rings is 1. The molecular formula is C23H28Cl2FN5O3. The number of aromatic nitrogens is 3. The molecule has 2 aromatic heterocycles. The van der Waals surface area contributed by atoms with Crippen LogP contribution in [0.15, 0.2) is 41.2 Å². The van der Waals surface area contributed by atoms with Crippen molar-refractivity contribution in [1.82, 2.24) is 25.0 Å². The number of hydrogen-bond donors (Lipinski definition) is 1. The summed E-state index contributed by atoms with van der Waals surface area (Å²) in [5, 5.41) is 12.7. The molecule has 2 aliphatic heterocycles. The van der Waals surface area contributed by atoms with Gasteiger partial charge < -0.3 is 24.3 Å². The molecule has 11 heteroatoms. The van der Waals surface area contributed by atoms with Gasteiger partial charge in [-0.3, -0.25) is 4.79 Å². The lowest BCUT2D eigenvalue weighted by molar-refractivity contribution is 0.161. The molecule has 34 heavy (non-hydrogen) atoms. The van der Waals surface area contributed by atoms with Crippen LogP contribution >= 0.6 is 24.8 Å². The Morgan fingerprint density at radius 1 is 1.00 bits per heavy atom. The molecule has 0 saturated carbocycles. The summed E-state index contributed by atoms with van der Waals surface area (Å²) in [5.74, 6) is 0.786. The number of benzene rings is 1. The van der Waals surface area contributed by atoms with Gasteiger partial charge in [-0.15, -0.1) is 29.9 Å². The Balaban J connectivity index is 0.00000162. The molecule has 1 aromatic carbocycles. The molecule has 5 rings (SSSR count). The molecule has 184 valence electrons. The first-order chi connectivity index (χ1) is 15.7. The van der Waals surface area contributed by atoms with E-state index >= 15 is 0 Å². The van der Waals surface area contributed by atoms with E-state index in [9.17, 15) is 9.18 Å². The number of rotatable bonds is 6. The molecule has 2 aliphatic rings. The summed E-state index contributed by atoms with van der Waals surface area (Å²) in [6, 6.07) is 10.2. The second-order valence-electron chi connectivity index (χ2n) is 8.23. The van der Waals surface area contributed by atoms with Crippen molar-refractivity contribution >= 4 is 35.7 Å². The molecule has 1 fully saturated rings. The monoisotopic (exact) mass is 511 g/mol. The topological polar surface area (TPSA) is 81.5 Å². The number of pyridine rings is 1. The van der Waals surface area contributed by atoms with Gasteiger partial charge in [0.2, 0.25) is 0 Å². The summed E-state index contributed by atoms with van der Waals surface area (Å²) in [6.07, 6.45) is 2.02. The minimum Gasteiger partial charge on any atom is -0.484 e. The normalized spacial score (nSPS) is 16.0. The van der Waals surface area contributed by atoms with E-state index in [4.69, 9.17) is 9.47 Å². The third kappa shape index (κ3) is 5.96. The largest absolute Gasteiger partial charge is 0.484 e. The molecule has 0 bridgehead atoms. The first kappa shape index (κ1) is 26.2. The van der Waals surface area contributed by atoms with E-state index in [2.05, 4.69) is 20.4 Å². The van der Waals surface area contributed by atoms with E-state index in [0.29, 0.717) is 49.5 Å². The molecule has 0 spiro atoms. The zero-order valence-electron chi connectivity index (χ0n) is 18.6. The number of nitrogens with zero attached hydrogens (tertiary/aromatic N) is 4. The molecular weight excluding hydrogens is 484 g/mol. The first-order valence-electron chi connectivity index (χ1n) is 11.0. The molecule has 8 nitrogen and oxygen atoms in total. The number of nitrogens with one attached hydrogen (secondary N) is 1. The Labute approximate surface area is 209 Å². The van der Waals surface area contributed by atoms with Gasteiger partial charge in [0, 0.05) is 37.8 Å². The lowest BCUT2D eigenvalue weighted by atomic mass is 10.0. The van der Waals surface area contributed by atoms with Crippen LogP contribution < -0.4 is 20.3 Å². The van der Waals surface area contributed by atoms with Crippen LogP contribution in [0.4, 0.5) is 4.39 Å². The smallest absolute Gasteiger partial charge is 0.276 e. The van der Waals surface area contributed by atoms with Gasteiger partial charge in [-0.2, -0.15) is 5.10 Å². The Morgan fingerprint density at radius 3 is 2.59 bits per heavy atom. The maximum Gasteiger partial charge on any atom is 0.276 e. The second-order valence-corrected chi connectivity index (χ2v) is 8.23. The van der Waals surface area contributed by atoms with E-state index in [-0.39, 0.29) is 36.2 Å². The maximum absolute atomic E-state index is 13.7. The Bertz CT molecular complexity index is 1170. The highest BCUT2D eigenvalue weighted by atomic mass is 35.5. The van der Waals surface area contributed by atoms with Gasteiger partial charge >= 0.3 is 0 Å². The molecule has 0 radical (unpaired) electrons. The van der Waals surface area contributed by atoms with Crippen LogP contribution in [-0.2, 0) is 13.1 Å². The Kier molecular flexibility index (Phi) is 9.07. The van der Waals surface area contributed by atoms with Crippen LogP contribution in [0, 0.1) is 5.82 Å². The number of fused-ring (bicyclic) bond motifs is 2. The highest BCUT2D eigenvalue weighted by Crippen LogP contribution is 2.26. The van der Waals surface area contributed by atoms with Crippen LogP contribution in [0.2, 0.25) is 0 Å². The van der Waals surface area contributed by atoms with Gasteiger partial charge in [-0.05, 0) is 55.6 Å². The second kappa shape index (κ2) is 11.8. The van der Waals surface area contributed by atoms with Crippen molar-refractivity contribution in [3.05, 3.63) is 58.3 Å². The van der Waals surface area contributed by atoms with Crippen molar-refractivity contribution in [2.24, 2.45) is 0 Å². The van der Waals surface area contributed by atoms with E-state index in [1.807, 2.05) is 6.07 Å². The van der Waals surface area contributed by atoms with Gasteiger partial charge in [0.05, 0.1) is 11.2 Å². The van der Waals surface area contributed by atoms with E-state index in [1.165, 1.54) is 12.1 Å². The van der Waals surface area contributed by atoms with Gasteiger partial charge in [-0.25, -0.2) is 4.39 Å². The first-order valence-corrected chi connectivity index (χ1v) is 11.0. The van der Waals surface area contributed by atoms with Crippen molar-refractivity contribution in [3.63, 3.8) is 0 Å². The lowest BCUT2D eigenvalue weighted by Gasteiger charge is -2.32. The number of hydrogen-bond acceptors (Lipinski definition) is 7. The average molecular weight is 512 g/mol. The van der Waals surface area contributed by atoms with Crippen LogP contribution in [0.25, 0.3) is 10.9 Å². The number of ether oxygens (including phenoxy) is 2. The van der Waals surface area contributed by atoms with Gasteiger partial charge in [0.1, 0.15) is 19.0 Å². The Morgan fingerprint density at radius 2 is 1.76 bits per heavy atom. The zero-order valence-corrected chi connectivity index (χ0v) is 20.2.